The number of nitrogens with one attached hydrogen (secondary N) is 1. The number of aryl methyl sites for hydroxylation is 2. The second-order valence-electron chi connectivity index (χ2n) is 5.98. The third-order valence-electron chi connectivity index (χ3n) is 4.22. The molecule has 1 N–H and O–H groups in total. The maximum absolute atomic E-state index is 12.0. The van der Waals surface area contributed by atoms with E-state index in [2.05, 4.69) is 27.0 Å². The third kappa shape index (κ3) is 4.59. The molecule has 0 aliphatic heterocycles. The van der Waals surface area contributed by atoms with Gasteiger partial charge < -0.3 is 14.6 Å². The van der Waals surface area contributed by atoms with Gasteiger partial charge in [0, 0.05) is 37.3 Å². The van der Waals surface area contributed by atoms with Crippen molar-refractivity contribution in [1.29, 1.82) is 0 Å². The quantitative estimate of drug-likeness (QED) is 0.642. The van der Waals surface area contributed by atoms with Crippen LogP contribution in [0.2, 0.25) is 0 Å². The molecule has 0 saturated heterocycles. The van der Waals surface area contributed by atoms with Crippen molar-refractivity contribution in [2.45, 2.75) is 25.8 Å². The van der Waals surface area contributed by atoms with E-state index < -0.39 is 0 Å². The van der Waals surface area contributed by atoms with Crippen LogP contribution < -0.4 is 10.1 Å². The number of methoxy groups -OCH3 is 1. The van der Waals surface area contributed by atoms with Crippen molar-refractivity contribution >= 4 is 16.9 Å². The number of carbonyl (C=O) groups excluding carboxylic acids is 1. The van der Waals surface area contributed by atoms with Gasteiger partial charge in [0.1, 0.15) is 11.4 Å². The van der Waals surface area contributed by atoms with Gasteiger partial charge in [0.05, 0.1) is 7.11 Å². The molecule has 0 bridgehead atoms. The average Bonchev–Trinajstić information content (AvgIpc) is 3.07. The molecule has 2 heterocycles. The van der Waals surface area contributed by atoms with Gasteiger partial charge in [-0.3, -0.25) is 4.79 Å². The molecular formula is C20H23N3O2. The Bertz CT molecular complexity index is 824. The van der Waals surface area contributed by atoms with Crippen LogP contribution in [-0.4, -0.2) is 29.1 Å². The number of pyridine rings is 1. The summed E-state index contributed by atoms with van der Waals surface area (Å²) in [5, 5.41) is 4.13. The predicted molar refractivity (Wildman–Crippen MR) is 98.7 cm³/mol. The Labute approximate surface area is 147 Å². The van der Waals surface area contributed by atoms with Gasteiger partial charge in [-0.2, -0.15) is 0 Å². The second-order valence-corrected chi connectivity index (χ2v) is 5.98. The second kappa shape index (κ2) is 8.33. The molecule has 2 aromatic heterocycles. The standard InChI is InChI=1S/C20H23N3O2/c1-25-18-8-5-16(6-9-18)7-10-19(24)21-13-3-14-23-15-11-17-4-2-12-22-20(17)23/h2,4-6,8-9,11-12,15H,3,7,10,13-14H2,1H3,(H,21,24). The first-order valence-corrected chi connectivity index (χ1v) is 8.56. The van der Waals surface area contributed by atoms with E-state index in [9.17, 15) is 4.79 Å². The highest BCUT2D eigenvalue weighted by Crippen LogP contribution is 2.13. The summed E-state index contributed by atoms with van der Waals surface area (Å²) < 4.78 is 7.26. The fourth-order valence-electron chi connectivity index (χ4n) is 2.82. The summed E-state index contributed by atoms with van der Waals surface area (Å²) in [6.45, 7) is 1.52. The lowest BCUT2D eigenvalue weighted by molar-refractivity contribution is -0.121. The largest absolute Gasteiger partial charge is 0.497 e. The smallest absolute Gasteiger partial charge is 0.220 e. The van der Waals surface area contributed by atoms with Crippen molar-refractivity contribution in [2.24, 2.45) is 0 Å². The fraction of sp³-hybridized carbons (Fsp3) is 0.300. The normalized spacial score (nSPS) is 10.8. The number of rotatable bonds is 8. The van der Waals surface area contributed by atoms with Crippen LogP contribution in [0.25, 0.3) is 11.0 Å². The zero-order chi connectivity index (χ0) is 17.5. The van der Waals surface area contributed by atoms with E-state index in [1.54, 1.807) is 13.3 Å². The molecule has 0 atom stereocenters. The first-order chi connectivity index (χ1) is 12.3. The molecular weight excluding hydrogens is 314 g/mol. The molecule has 0 spiro atoms. The number of ether oxygens (including phenoxy) is 1. The van der Waals surface area contributed by atoms with Crippen LogP contribution in [-0.2, 0) is 17.8 Å². The molecule has 0 radical (unpaired) electrons. The highest BCUT2D eigenvalue weighted by Gasteiger charge is 2.04. The van der Waals surface area contributed by atoms with Crippen molar-refractivity contribution in [2.75, 3.05) is 13.7 Å². The van der Waals surface area contributed by atoms with Gasteiger partial charge >= 0.3 is 0 Å². The van der Waals surface area contributed by atoms with Gasteiger partial charge in [-0.05, 0) is 48.7 Å². The number of benzene rings is 1. The Morgan fingerprint density at radius 1 is 1.20 bits per heavy atom. The first kappa shape index (κ1) is 17.0. The van der Waals surface area contributed by atoms with Gasteiger partial charge in [-0.15, -0.1) is 0 Å². The summed E-state index contributed by atoms with van der Waals surface area (Å²) in [4.78, 5) is 16.4. The van der Waals surface area contributed by atoms with E-state index in [0.29, 0.717) is 13.0 Å². The summed E-state index contributed by atoms with van der Waals surface area (Å²) in [5.41, 5.74) is 2.13. The molecule has 0 saturated carbocycles. The molecule has 130 valence electrons. The molecule has 5 nitrogen and oxygen atoms in total. The van der Waals surface area contributed by atoms with Gasteiger partial charge in [0.15, 0.2) is 0 Å². The van der Waals surface area contributed by atoms with E-state index in [-0.39, 0.29) is 5.91 Å². The number of fused-ring (bicyclic) bond motifs is 1. The zero-order valence-electron chi connectivity index (χ0n) is 14.4. The van der Waals surface area contributed by atoms with Gasteiger partial charge in [0.2, 0.25) is 5.91 Å². The average molecular weight is 337 g/mol. The molecule has 1 amide bonds. The highest BCUT2D eigenvalue weighted by molar-refractivity contribution is 5.76. The summed E-state index contributed by atoms with van der Waals surface area (Å²) in [7, 11) is 1.65. The lowest BCUT2D eigenvalue weighted by atomic mass is 10.1. The summed E-state index contributed by atoms with van der Waals surface area (Å²) >= 11 is 0. The molecule has 0 aliphatic rings. The Kier molecular flexibility index (Phi) is 5.67. The molecule has 3 rings (SSSR count). The number of amides is 1. The highest BCUT2D eigenvalue weighted by atomic mass is 16.5. The van der Waals surface area contributed by atoms with Crippen LogP contribution in [0.4, 0.5) is 0 Å². The van der Waals surface area contributed by atoms with E-state index >= 15 is 0 Å². The van der Waals surface area contributed by atoms with Crippen LogP contribution in [0.3, 0.4) is 0 Å². The number of hydrogen-bond donors (Lipinski definition) is 1. The van der Waals surface area contributed by atoms with Gasteiger partial charge in [-0.1, -0.05) is 12.1 Å². The van der Waals surface area contributed by atoms with Crippen LogP contribution in [0.1, 0.15) is 18.4 Å². The zero-order valence-corrected chi connectivity index (χ0v) is 14.4. The summed E-state index contributed by atoms with van der Waals surface area (Å²) in [6.07, 6.45) is 5.97. The van der Waals surface area contributed by atoms with Crippen LogP contribution >= 0.6 is 0 Å². The number of hydrogen-bond acceptors (Lipinski definition) is 3. The van der Waals surface area contributed by atoms with E-state index in [4.69, 9.17) is 4.74 Å². The monoisotopic (exact) mass is 337 g/mol. The Morgan fingerprint density at radius 2 is 2.04 bits per heavy atom. The van der Waals surface area contributed by atoms with Gasteiger partial charge in [0.25, 0.3) is 0 Å². The van der Waals surface area contributed by atoms with Gasteiger partial charge in [-0.25, -0.2) is 4.98 Å². The SMILES string of the molecule is COc1ccc(CCC(=O)NCCCn2ccc3cccnc32)cc1. The maximum Gasteiger partial charge on any atom is 0.220 e. The van der Waals surface area contributed by atoms with Crippen LogP contribution in [0.15, 0.2) is 54.9 Å². The van der Waals surface area contributed by atoms with Crippen LogP contribution in [0.5, 0.6) is 5.75 Å². The van der Waals surface area contributed by atoms with Crippen molar-refractivity contribution in [3.8, 4) is 5.75 Å². The maximum atomic E-state index is 12.0. The molecule has 3 aromatic rings. The van der Waals surface area contributed by atoms with E-state index in [0.717, 1.165) is 41.7 Å². The molecule has 5 heteroatoms. The molecule has 0 aliphatic carbocycles. The summed E-state index contributed by atoms with van der Waals surface area (Å²) in [6, 6.07) is 13.9. The molecule has 1 aromatic carbocycles. The van der Waals surface area contributed by atoms with Crippen molar-refractivity contribution < 1.29 is 9.53 Å². The number of carbonyl (C=O) groups is 1. The third-order valence-corrected chi connectivity index (χ3v) is 4.22. The Balaban J connectivity index is 1.37. The minimum Gasteiger partial charge on any atom is -0.497 e. The van der Waals surface area contributed by atoms with E-state index in [1.807, 2.05) is 36.5 Å². The number of nitrogens with zero attached hydrogens (tertiary/aromatic N) is 2. The number of aromatic nitrogens is 2. The lowest BCUT2D eigenvalue weighted by Gasteiger charge is -2.07. The molecule has 0 fully saturated rings. The van der Waals surface area contributed by atoms with Crippen molar-refractivity contribution in [3.63, 3.8) is 0 Å². The van der Waals surface area contributed by atoms with Crippen molar-refractivity contribution in [1.82, 2.24) is 14.9 Å². The lowest BCUT2D eigenvalue weighted by Crippen LogP contribution is -2.25. The minimum atomic E-state index is 0.0892. The van der Waals surface area contributed by atoms with E-state index in [1.165, 1.54) is 0 Å². The predicted octanol–water partition coefficient (Wildman–Crippen LogP) is 3.18. The van der Waals surface area contributed by atoms with Crippen molar-refractivity contribution in [3.05, 3.63) is 60.4 Å². The first-order valence-electron chi connectivity index (χ1n) is 8.56. The fourth-order valence-corrected chi connectivity index (χ4v) is 2.82. The topological polar surface area (TPSA) is 56.1 Å². The Hall–Kier alpha value is -2.82. The van der Waals surface area contributed by atoms with Crippen LogP contribution in [0, 0.1) is 0 Å². The summed E-state index contributed by atoms with van der Waals surface area (Å²) in [5.74, 6) is 0.923. The molecule has 25 heavy (non-hydrogen) atoms. The minimum absolute atomic E-state index is 0.0892. The Morgan fingerprint density at radius 3 is 2.84 bits per heavy atom. The molecule has 0 unspecified atom stereocenters.